The number of rotatable bonds is 7. The maximum atomic E-state index is 13.5. The number of fused-ring (bicyclic) bond motifs is 2. The Morgan fingerprint density at radius 2 is 1.51 bits per heavy atom. The summed E-state index contributed by atoms with van der Waals surface area (Å²) in [5.41, 5.74) is 1.56. The molecule has 0 fully saturated rings. The van der Waals surface area contributed by atoms with Gasteiger partial charge < -0.3 is 18.8 Å². The van der Waals surface area contributed by atoms with Crippen molar-refractivity contribution in [2.45, 2.75) is 0 Å². The monoisotopic (exact) mass is 524 g/mol. The molecule has 0 spiro atoms. The molecule has 2 amide bonds. The number of nitro groups is 1. The first-order chi connectivity index (χ1) is 18.8. The van der Waals surface area contributed by atoms with E-state index in [2.05, 4.69) is 0 Å². The Kier molecular flexibility index (Phi) is 6.68. The summed E-state index contributed by atoms with van der Waals surface area (Å²) in [5.74, 6) is -0.779. The van der Waals surface area contributed by atoms with E-state index in [0.29, 0.717) is 27.6 Å². The van der Waals surface area contributed by atoms with E-state index in [1.165, 1.54) is 28.2 Å². The number of non-ortho nitro benzene ring substituents is 1. The molecule has 0 saturated heterocycles. The molecule has 0 saturated carbocycles. The van der Waals surface area contributed by atoms with Crippen LogP contribution in [0.2, 0.25) is 0 Å². The second kappa shape index (κ2) is 10.3. The minimum Gasteiger partial charge on any atom is -0.463 e. The smallest absolute Gasteiger partial charge is 0.271 e. The van der Waals surface area contributed by atoms with Gasteiger partial charge in [-0.25, -0.2) is 0 Å². The van der Waals surface area contributed by atoms with E-state index in [1.54, 1.807) is 61.3 Å². The molecule has 39 heavy (non-hydrogen) atoms. The summed E-state index contributed by atoms with van der Waals surface area (Å²) in [6.07, 6.45) is 2.83. The number of hydrogen-bond donors (Lipinski definition) is 0. The number of likely N-dealkylation sites (N-methyl/N-ethyl adjacent to an activating group) is 2. The lowest BCUT2D eigenvalue weighted by Gasteiger charge is -2.22. The summed E-state index contributed by atoms with van der Waals surface area (Å²) in [6, 6.07) is 20.2. The van der Waals surface area contributed by atoms with E-state index in [-0.39, 0.29) is 30.2 Å². The first kappa shape index (κ1) is 25.4. The van der Waals surface area contributed by atoms with Gasteiger partial charge in [-0.2, -0.15) is 0 Å². The largest absolute Gasteiger partial charge is 0.463 e. The third-order valence-electron chi connectivity index (χ3n) is 6.64. The Balaban J connectivity index is 1.36. The molecule has 2 heterocycles. The fourth-order valence-corrected chi connectivity index (χ4v) is 4.46. The third-order valence-corrected chi connectivity index (χ3v) is 6.64. The quantitative estimate of drug-likeness (QED) is 0.229. The van der Waals surface area contributed by atoms with Gasteiger partial charge in [0.15, 0.2) is 0 Å². The lowest BCUT2D eigenvalue weighted by molar-refractivity contribution is -0.384. The van der Waals surface area contributed by atoms with Gasteiger partial charge in [0.1, 0.15) is 17.4 Å². The standard InChI is InChI=1S/C29H24N4O6/c1-30(14-15-31(2)29(36)24-18-39-26-13-6-4-11-22(26)27(24)34)28(35)23-17-32(25-12-5-3-10-21(23)25)19-8-7-9-20(16-19)33(37)38/h3-13,16-18H,14-15H2,1-2H3. The lowest BCUT2D eigenvalue weighted by Crippen LogP contribution is -2.38. The molecule has 0 aliphatic carbocycles. The number of hydrogen-bond acceptors (Lipinski definition) is 6. The van der Waals surface area contributed by atoms with Crippen molar-refractivity contribution in [1.29, 1.82) is 0 Å². The molecule has 0 aliphatic heterocycles. The zero-order valence-electron chi connectivity index (χ0n) is 21.2. The van der Waals surface area contributed by atoms with E-state index in [0.717, 1.165) is 5.52 Å². The van der Waals surface area contributed by atoms with Crippen LogP contribution < -0.4 is 5.43 Å². The van der Waals surface area contributed by atoms with Crippen molar-refractivity contribution in [1.82, 2.24) is 14.4 Å². The van der Waals surface area contributed by atoms with E-state index < -0.39 is 16.3 Å². The number of nitro benzene ring substituents is 1. The number of para-hydroxylation sites is 2. The predicted octanol–water partition coefficient (Wildman–Crippen LogP) is 4.49. The molecular weight excluding hydrogens is 500 g/mol. The van der Waals surface area contributed by atoms with Crippen molar-refractivity contribution in [3.05, 3.63) is 117 Å². The van der Waals surface area contributed by atoms with Gasteiger partial charge in [0.25, 0.3) is 17.5 Å². The molecule has 10 nitrogen and oxygen atoms in total. The van der Waals surface area contributed by atoms with Gasteiger partial charge in [0.2, 0.25) is 5.43 Å². The summed E-state index contributed by atoms with van der Waals surface area (Å²) in [4.78, 5) is 52.9. The normalized spacial score (nSPS) is 11.0. The zero-order valence-corrected chi connectivity index (χ0v) is 21.2. The molecule has 5 aromatic rings. The Morgan fingerprint density at radius 3 is 2.23 bits per heavy atom. The predicted molar refractivity (Wildman–Crippen MR) is 146 cm³/mol. The van der Waals surface area contributed by atoms with Crippen LogP contribution in [0, 0.1) is 10.1 Å². The molecule has 196 valence electrons. The first-order valence-electron chi connectivity index (χ1n) is 12.1. The van der Waals surface area contributed by atoms with Crippen LogP contribution in [-0.4, -0.2) is 58.3 Å². The summed E-state index contributed by atoms with van der Waals surface area (Å²) in [7, 11) is 3.19. The second-order valence-corrected chi connectivity index (χ2v) is 9.13. The first-order valence-corrected chi connectivity index (χ1v) is 12.1. The highest BCUT2D eigenvalue weighted by atomic mass is 16.6. The molecule has 2 aromatic heterocycles. The van der Waals surface area contributed by atoms with Crippen molar-refractivity contribution < 1.29 is 18.9 Å². The maximum Gasteiger partial charge on any atom is 0.271 e. The van der Waals surface area contributed by atoms with Crippen LogP contribution in [-0.2, 0) is 0 Å². The molecule has 0 bridgehead atoms. The zero-order chi connectivity index (χ0) is 27.7. The fourth-order valence-electron chi connectivity index (χ4n) is 4.46. The molecule has 5 rings (SSSR count). The minimum absolute atomic E-state index is 0.0524. The van der Waals surface area contributed by atoms with Crippen LogP contribution in [0.25, 0.3) is 27.6 Å². The Morgan fingerprint density at radius 1 is 0.872 bits per heavy atom. The van der Waals surface area contributed by atoms with Crippen molar-refractivity contribution in [2.75, 3.05) is 27.2 Å². The lowest BCUT2D eigenvalue weighted by atomic mass is 10.1. The van der Waals surface area contributed by atoms with E-state index in [4.69, 9.17) is 4.42 Å². The Bertz CT molecular complexity index is 1810. The molecule has 0 aliphatic rings. The van der Waals surface area contributed by atoms with Crippen LogP contribution in [0.4, 0.5) is 5.69 Å². The van der Waals surface area contributed by atoms with Crippen molar-refractivity contribution in [3.8, 4) is 5.69 Å². The van der Waals surface area contributed by atoms with Gasteiger partial charge in [-0.3, -0.25) is 24.5 Å². The number of carbonyl (C=O) groups is 2. The van der Waals surface area contributed by atoms with Gasteiger partial charge in [-0.05, 0) is 24.3 Å². The molecule has 0 atom stereocenters. The van der Waals surface area contributed by atoms with E-state index >= 15 is 0 Å². The van der Waals surface area contributed by atoms with Crippen molar-refractivity contribution in [3.63, 3.8) is 0 Å². The van der Waals surface area contributed by atoms with Gasteiger partial charge >= 0.3 is 0 Å². The Labute approximate surface area is 222 Å². The van der Waals surface area contributed by atoms with Crippen molar-refractivity contribution in [2.24, 2.45) is 0 Å². The topological polar surface area (TPSA) is 119 Å². The number of benzene rings is 3. The van der Waals surface area contributed by atoms with Crippen LogP contribution in [0.15, 0.2) is 94.5 Å². The average molecular weight is 525 g/mol. The molecule has 3 aromatic carbocycles. The van der Waals surface area contributed by atoms with Crippen LogP contribution >= 0.6 is 0 Å². The number of nitrogens with zero attached hydrogens (tertiary/aromatic N) is 4. The molecule has 0 N–H and O–H groups in total. The highest BCUT2D eigenvalue weighted by molar-refractivity contribution is 6.07. The van der Waals surface area contributed by atoms with E-state index in [1.807, 2.05) is 24.3 Å². The highest BCUT2D eigenvalue weighted by Gasteiger charge is 2.22. The fraction of sp³-hybridized carbons (Fsp3) is 0.138. The van der Waals surface area contributed by atoms with Crippen LogP contribution in [0.5, 0.6) is 0 Å². The average Bonchev–Trinajstić information content (AvgIpc) is 3.35. The van der Waals surface area contributed by atoms with Crippen molar-refractivity contribution >= 4 is 39.4 Å². The summed E-state index contributed by atoms with van der Waals surface area (Å²) >= 11 is 0. The van der Waals surface area contributed by atoms with E-state index in [9.17, 15) is 24.5 Å². The van der Waals surface area contributed by atoms with Gasteiger partial charge in [0.05, 0.1) is 27.1 Å². The SMILES string of the molecule is CN(CCN(C)C(=O)c1cn(-c2cccc([N+](=O)[O-])c2)c2ccccc12)C(=O)c1coc2ccccc2c1=O. The maximum absolute atomic E-state index is 13.5. The Hall–Kier alpha value is -5.25. The number of aromatic nitrogens is 1. The van der Waals surface area contributed by atoms with Crippen LogP contribution in [0.1, 0.15) is 20.7 Å². The molecule has 10 heteroatoms. The molecule has 0 radical (unpaired) electrons. The summed E-state index contributed by atoms with van der Waals surface area (Å²) < 4.78 is 7.21. The van der Waals surface area contributed by atoms with Crippen LogP contribution in [0.3, 0.4) is 0 Å². The summed E-state index contributed by atoms with van der Waals surface area (Å²) in [6.45, 7) is 0.382. The molecule has 0 unspecified atom stereocenters. The summed E-state index contributed by atoms with van der Waals surface area (Å²) in [5, 5.41) is 12.3. The van der Waals surface area contributed by atoms with Gasteiger partial charge in [-0.15, -0.1) is 0 Å². The number of carbonyl (C=O) groups excluding carboxylic acids is 2. The highest BCUT2D eigenvalue weighted by Crippen LogP contribution is 2.27. The van der Waals surface area contributed by atoms with Gasteiger partial charge in [-0.1, -0.05) is 36.4 Å². The molecular formula is C29H24N4O6. The third kappa shape index (κ3) is 4.75. The minimum atomic E-state index is -0.502. The second-order valence-electron chi connectivity index (χ2n) is 9.13. The number of amides is 2. The van der Waals surface area contributed by atoms with Gasteiger partial charge in [0, 0.05) is 50.9 Å².